The number of rotatable bonds is 2. The number of amides is 2. The number of piperazine rings is 1. The number of nitrogens with zero attached hydrogens (tertiary/aromatic N) is 2. The Hall–Kier alpha value is -1.10. The van der Waals surface area contributed by atoms with Gasteiger partial charge in [0.15, 0.2) is 0 Å². The van der Waals surface area contributed by atoms with Gasteiger partial charge in [-0.05, 0) is 32.2 Å². The highest BCUT2D eigenvalue weighted by Crippen LogP contribution is 2.31. The van der Waals surface area contributed by atoms with Gasteiger partial charge in [-0.15, -0.1) is 0 Å². The molecule has 3 rings (SSSR count). The standard InChI is InChI=1S/C14H23N3O2/c18-13(11-3-4-11)16-6-8-17(9-7-16)14(19)12-2-1-5-15-10-12/h11-12,15H,1-10H2/t12-/m0/s1. The Bertz CT molecular complexity index is 354. The maximum atomic E-state index is 12.4. The summed E-state index contributed by atoms with van der Waals surface area (Å²) in [4.78, 5) is 28.2. The Labute approximate surface area is 114 Å². The summed E-state index contributed by atoms with van der Waals surface area (Å²) in [6.45, 7) is 4.73. The molecule has 0 bridgehead atoms. The summed E-state index contributed by atoms with van der Waals surface area (Å²) in [5.41, 5.74) is 0. The molecule has 0 spiro atoms. The summed E-state index contributed by atoms with van der Waals surface area (Å²) >= 11 is 0. The minimum Gasteiger partial charge on any atom is -0.339 e. The lowest BCUT2D eigenvalue weighted by Gasteiger charge is -2.37. The smallest absolute Gasteiger partial charge is 0.227 e. The molecule has 3 fully saturated rings. The highest BCUT2D eigenvalue weighted by molar-refractivity contribution is 5.82. The molecule has 0 unspecified atom stereocenters. The van der Waals surface area contributed by atoms with Crippen LogP contribution >= 0.6 is 0 Å². The van der Waals surface area contributed by atoms with Gasteiger partial charge in [0.05, 0.1) is 5.92 Å². The number of piperidine rings is 1. The predicted octanol–water partition coefficient (Wildman–Crippen LogP) is 0.0668. The van der Waals surface area contributed by atoms with Gasteiger partial charge in [-0.25, -0.2) is 0 Å². The van der Waals surface area contributed by atoms with E-state index in [1.165, 1.54) is 0 Å². The summed E-state index contributed by atoms with van der Waals surface area (Å²) < 4.78 is 0. The van der Waals surface area contributed by atoms with E-state index in [2.05, 4.69) is 5.32 Å². The van der Waals surface area contributed by atoms with Crippen LogP contribution in [0, 0.1) is 11.8 Å². The van der Waals surface area contributed by atoms with E-state index in [4.69, 9.17) is 0 Å². The average molecular weight is 265 g/mol. The van der Waals surface area contributed by atoms with Crippen molar-refractivity contribution in [2.45, 2.75) is 25.7 Å². The van der Waals surface area contributed by atoms with Gasteiger partial charge in [-0.2, -0.15) is 0 Å². The van der Waals surface area contributed by atoms with Gasteiger partial charge >= 0.3 is 0 Å². The van der Waals surface area contributed by atoms with Crippen molar-refractivity contribution in [3.63, 3.8) is 0 Å². The molecule has 5 nitrogen and oxygen atoms in total. The van der Waals surface area contributed by atoms with Crippen molar-refractivity contribution in [3.05, 3.63) is 0 Å². The van der Waals surface area contributed by atoms with E-state index in [-0.39, 0.29) is 11.8 Å². The lowest BCUT2D eigenvalue weighted by Crippen LogP contribution is -2.53. The number of nitrogens with one attached hydrogen (secondary N) is 1. The van der Waals surface area contributed by atoms with Crippen LogP contribution in [0.1, 0.15) is 25.7 Å². The van der Waals surface area contributed by atoms with Gasteiger partial charge < -0.3 is 15.1 Å². The molecule has 2 saturated heterocycles. The molecule has 3 aliphatic rings. The first-order chi connectivity index (χ1) is 9.25. The second-order valence-corrected chi connectivity index (χ2v) is 5.97. The van der Waals surface area contributed by atoms with Crippen LogP contribution in [-0.4, -0.2) is 60.9 Å². The molecule has 0 aromatic heterocycles. The van der Waals surface area contributed by atoms with Crippen molar-refractivity contribution >= 4 is 11.8 Å². The fraction of sp³-hybridized carbons (Fsp3) is 0.857. The lowest BCUT2D eigenvalue weighted by molar-refractivity contribution is -0.143. The van der Waals surface area contributed by atoms with Crippen molar-refractivity contribution in [1.82, 2.24) is 15.1 Å². The first kappa shape index (κ1) is 12.9. The van der Waals surface area contributed by atoms with E-state index in [9.17, 15) is 9.59 Å². The zero-order valence-corrected chi connectivity index (χ0v) is 11.4. The fourth-order valence-electron chi connectivity index (χ4n) is 3.06. The van der Waals surface area contributed by atoms with Crippen LogP contribution in [0.2, 0.25) is 0 Å². The molecule has 2 heterocycles. The van der Waals surface area contributed by atoms with E-state index < -0.39 is 0 Å². The molecule has 5 heteroatoms. The Morgan fingerprint density at radius 1 is 0.842 bits per heavy atom. The van der Waals surface area contributed by atoms with Gasteiger partial charge in [0, 0.05) is 38.6 Å². The Morgan fingerprint density at radius 2 is 1.42 bits per heavy atom. The monoisotopic (exact) mass is 265 g/mol. The summed E-state index contributed by atoms with van der Waals surface area (Å²) in [5, 5.41) is 3.29. The Morgan fingerprint density at radius 3 is 1.89 bits per heavy atom. The summed E-state index contributed by atoms with van der Waals surface area (Å²) in [6, 6.07) is 0. The molecule has 0 radical (unpaired) electrons. The topological polar surface area (TPSA) is 52.7 Å². The number of hydrogen-bond acceptors (Lipinski definition) is 3. The SMILES string of the molecule is O=C(C1CC1)N1CCN(C(=O)[C@H]2CCCNC2)CC1. The lowest BCUT2D eigenvalue weighted by atomic mass is 9.98. The molecule has 2 aliphatic heterocycles. The molecular weight excluding hydrogens is 242 g/mol. The zero-order chi connectivity index (χ0) is 13.2. The zero-order valence-electron chi connectivity index (χ0n) is 11.4. The third-order valence-corrected chi connectivity index (χ3v) is 4.48. The number of carbonyl (C=O) groups excluding carboxylic acids is 2. The third kappa shape index (κ3) is 2.91. The van der Waals surface area contributed by atoms with Crippen LogP contribution in [0.4, 0.5) is 0 Å². The van der Waals surface area contributed by atoms with E-state index in [0.717, 1.165) is 51.9 Å². The molecule has 106 valence electrons. The van der Waals surface area contributed by atoms with Crippen molar-refractivity contribution in [2.24, 2.45) is 11.8 Å². The molecule has 1 N–H and O–H groups in total. The molecule has 2 amide bonds. The maximum absolute atomic E-state index is 12.4. The molecule has 0 aromatic rings. The second-order valence-electron chi connectivity index (χ2n) is 5.97. The van der Waals surface area contributed by atoms with Crippen LogP contribution in [0.3, 0.4) is 0 Å². The van der Waals surface area contributed by atoms with Crippen molar-refractivity contribution < 1.29 is 9.59 Å². The van der Waals surface area contributed by atoms with E-state index in [1.807, 2.05) is 9.80 Å². The maximum Gasteiger partial charge on any atom is 0.227 e. The van der Waals surface area contributed by atoms with Crippen molar-refractivity contribution in [3.8, 4) is 0 Å². The van der Waals surface area contributed by atoms with Gasteiger partial charge in [0.2, 0.25) is 11.8 Å². The second kappa shape index (κ2) is 5.49. The molecule has 19 heavy (non-hydrogen) atoms. The van der Waals surface area contributed by atoms with Crippen molar-refractivity contribution in [1.29, 1.82) is 0 Å². The molecule has 0 aromatic carbocycles. The normalized spacial score (nSPS) is 28.3. The minimum absolute atomic E-state index is 0.152. The van der Waals surface area contributed by atoms with Gasteiger partial charge in [0.1, 0.15) is 0 Å². The first-order valence-electron chi connectivity index (χ1n) is 7.54. The molecule has 1 aliphatic carbocycles. The number of hydrogen-bond donors (Lipinski definition) is 1. The average Bonchev–Trinajstić information content (AvgIpc) is 3.31. The molecule has 1 atom stereocenters. The Balaban J connectivity index is 1.48. The highest BCUT2D eigenvalue weighted by Gasteiger charge is 2.36. The van der Waals surface area contributed by atoms with Gasteiger partial charge in [-0.1, -0.05) is 0 Å². The summed E-state index contributed by atoms with van der Waals surface area (Å²) in [7, 11) is 0. The predicted molar refractivity (Wildman–Crippen MR) is 71.5 cm³/mol. The molecular formula is C14H23N3O2. The van der Waals surface area contributed by atoms with Crippen LogP contribution in [0.5, 0.6) is 0 Å². The third-order valence-electron chi connectivity index (χ3n) is 4.48. The van der Waals surface area contributed by atoms with Crippen LogP contribution < -0.4 is 5.32 Å². The van der Waals surface area contributed by atoms with Crippen LogP contribution in [0.15, 0.2) is 0 Å². The fourth-order valence-corrected chi connectivity index (χ4v) is 3.06. The van der Waals surface area contributed by atoms with Gasteiger partial charge in [-0.3, -0.25) is 9.59 Å². The highest BCUT2D eigenvalue weighted by atomic mass is 16.2. The van der Waals surface area contributed by atoms with Crippen molar-refractivity contribution in [2.75, 3.05) is 39.3 Å². The largest absolute Gasteiger partial charge is 0.339 e. The van der Waals surface area contributed by atoms with Crippen LogP contribution in [0.25, 0.3) is 0 Å². The molecule has 1 saturated carbocycles. The summed E-state index contributed by atoms with van der Waals surface area (Å²) in [5.74, 6) is 1.04. The van der Waals surface area contributed by atoms with Gasteiger partial charge in [0.25, 0.3) is 0 Å². The van der Waals surface area contributed by atoms with Crippen LogP contribution in [-0.2, 0) is 9.59 Å². The van der Waals surface area contributed by atoms with E-state index in [1.54, 1.807) is 0 Å². The number of carbonyl (C=O) groups is 2. The van der Waals surface area contributed by atoms with E-state index >= 15 is 0 Å². The quantitative estimate of drug-likeness (QED) is 0.768. The van der Waals surface area contributed by atoms with E-state index in [0.29, 0.717) is 24.9 Å². The first-order valence-corrected chi connectivity index (χ1v) is 7.54. The Kier molecular flexibility index (Phi) is 3.73. The minimum atomic E-state index is 0.152. The summed E-state index contributed by atoms with van der Waals surface area (Å²) in [6.07, 6.45) is 4.22.